The Labute approximate surface area is 194 Å². The molecule has 3 aromatic rings. The summed E-state index contributed by atoms with van der Waals surface area (Å²) in [4.78, 5) is 4.88. The van der Waals surface area contributed by atoms with Crippen LogP contribution in [-0.4, -0.2) is 50.2 Å². The molecule has 1 aliphatic rings. The van der Waals surface area contributed by atoms with Crippen molar-refractivity contribution < 1.29 is 22.4 Å². The van der Waals surface area contributed by atoms with E-state index in [1.807, 2.05) is 24.3 Å². The van der Waals surface area contributed by atoms with Crippen molar-refractivity contribution in [2.24, 2.45) is 0 Å². The van der Waals surface area contributed by atoms with E-state index in [2.05, 4.69) is 24.0 Å². The maximum atomic E-state index is 13.3. The zero-order valence-electron chi connectivity index (χ0n) is 19.3. The number of hydrogen-bond donors (Lipinski definition) is 0. The van der Waals surface area contributed by atoms with Crippen LogP contribution >= 0.6 is 0 Å². The topological polar surface area (TPSA) is 94.8 Å². The second kappa shape index (κ2) is 9.52. The van der Waals surface area contributed by atoms with Crippen molar-refractivity contribution in [2.45, 2.75) is 43.4 Å². The normalized spacial score (nSPS) is 17.3. The molecule has 176 valence electrons. The molecule has 0 aliphatic carbocycles. The molecule has 9 heteroatoms. The first-order chi connectivity index (χ1) is 15.8. The number of piperidine rings is 1. The van der Waals surface area contributed by atoms with Crippen LogP contribution in [0.15, 0.2) is 51.9 Å². The Hall–Kier alpha value is -2.91. The Morgan fingerprint density at radius 3 is 2.52 bits per heavy atom. The maximum absolute atomic E-state index is 13.3. The molecule has 8 nitrogen and oxygen atoms in total. The van der Waals surface area contributed by atoms with Crippen LogP contribution in [0.5, 0.6) is 11.5 Å². The number of nitrogens with zero attached hydrogens (tertiary/aromatic N) is 3. The summed E-state index contributed by atoms with van der Waals surface area (Å²) in [7, 11) is -0.482. The molecule has 0 bridgehead atoms. The van der Waals surface area contributed by atoms with Crippen molar-refractivity contribution in [2.75, 3.05) is 27.3 Å². The Morgan fingerprint density at radius 1 is 1.09 bits per heavy atom. The van der Waals surface area contributed by atoms with E-state index in [1.54, 1.807) is 32.4 Å². The largest absolute Gasteiger partial charge is 0.493 e. The van der Waals surface area contributed by atoms with E-state index in [1.165, 1.54) is 4.31 Å². The van der Waals surface area contributed by atoms with Crippen molar-refractivity contribution in [3.8, 4) is 22.9 Å². The van der Waals surface area contributed by atoms with Crippen LogP contribution in [0.1, 0.15) is 50.0 Å². The van der Waals surface area contributed by atoms with Gasteiger partial charge in [0, 0.05) is 13.1 Å². The average molecular weight is 472 g/mol. The Morgan fingerprint density at radius 2 is 1.85 bits per heavy atom. The Kier molecular flexibility index (Phi) is 6.71. The molecule has 0 unspecified atom stereocenters. The van der Waals surface area contributed by atoms with E-state index in [4.69, 9.17) is 14.0 Å². The van der Waals surface area contributed by atoms with Gasteiger partial charge in [0.25, 0.3) is 0 Å². The third kappa shape index (κ3) is 4.60. The number of benzene rings is 2. The summed E-state index contributed by atoms with van der Waals surface area (Å²) in [6, 6.07) is 12.6. The molecule has 1 atom stereocenters. The van der Waals surface area contributed by atoms with Gasteiger partial charge in [-0.15, -0.1) is 0 Å². The molecule has 0 spiro atoms. The van der Waals surface area contributed by atoms with Gasteiger partial charge in [-0.1, -0.05) is 37.2 Å². The molecule has 0 amide bonds. The van der Waals surface area contributed by atoms with Crippen LogP contribution < -0.4 is 9.47 Å². The van der Waals surface area contributed by atoms with Gasteiger partial charge >= 0.3 is 0 Å². The monoisotopic (exact) mass is 471 g/mol. The first kappa shape index (κ1) is 23.3. The van der Waals surface area contributed by atoms with Gasteiger partial charge in [0.2, 0.25) is 21.7 Å². The second-order valence-electron chi connectivity index (χ2n) is 8.42. The van der Waals surface area contributed by atoms with E-state index in [0.717, 1.165) is 12.0 Å². The van der Waals surface area contributed by atoms with Crippen molar-refractivity contribution in [1.82, 2.24) is 14.4 Å². The van der Waals surface area contributed by atoms with E-state index in [9.17, 15) is 8.42 Å². The number of sulfonamides is 1. The Bertz CT molecular complexity index is 1210. The summed E-state index contributed by atoms with van der Waals surface area (Å²) in [5, 5.41) is 4.13. The molecule has 1 aromatic heterocycles. The predicted molar refractivity (Wildman–Crippen MR) is 124 cm³/mol. The molecule has 0 saturated carbocycles. The number of rotatable bonds is 7. The summed E-state index contributed by atoms with van der Waals surface area (Å²) >= 11 is 0. The van der Waals surface area contributed by atoms with E-state index >= 15 is 0 Å². The molecule has 2 aromatic carbocycles. The van der Waals surface area contributed by atoms with Crippen LogP contribution in [0.2, 0.25) is 0 Å². The predicted octanol–water partition coefficient (Wildman–Crippen LogP) is 4.45. The molecule has 33 heavy (non-hydrogen) atoms. The van der Waals surface area contributed by atoms with E-state index in [-0.39, 0.29) is 5.92 Å². The first-order valence-electron chi connectivity index (χ1n) is 11.0. The van der Waals surface area contributed by atoms with Crippen molar-refractivity contribution in [1.29, 1.82) is 0 Å². The van der Waals surface area contributed by atoms with Crippen LogP contribution in [0.25, 0.3) is 11.4 Å². The van der Waals surface area contributed by atoms with Crippen molar-refractivity contribution >= 4 is 10.0 Å². The van der Waals surface area contributed by atoms with Gasteiger partial charge in [-0.2, -0.15) is 9.29 Å². The van der Waals surface area contributed by atoms with Crippen LogP contribution in [0.3, 0.4) is 0 Å². The fourth-order valence-corrected chi connectivity index (χ4v) is 5.63. The van der Waals surface area contributed by atoms with Gasteiger partial charge in [-0.25, -0.2) is 8.42 Å². The van der Waals surface area contributed by atoms with Gasteiger partial charge < -0.3 is 14.0 Å². The standard InChI is InChI=1S/C24H29N3O5S/c1-16(2)17-10-12-19(13-11-17)33(28,29)27-14-6-7-18(15-27)24-25-23(26-32-24)20-8-5-9-21(30-3)22(20)31-4/h5,8-13,16,18H,6-7,14-15H2,1-4H3/t18-/m0/s1. The molecule has 4 rings (SSSR count). The summed E-state index contributed by atoms with van der Waals surface area (Å²) < 4.78 is 44.4. The zero-order chi connectivity index (χ0) is 23.6. The highest BCUT2D eigenvalue weighted by atomic mass is 32.2. The fourth-order valence-electron chi connectivity index (χ4n) is 4.11. The summed E-state index contributed by atoms with van der Waals surface area (Å²) in [5.41, 5.74) is 1.76. The fraction of sp³-hybridized carbons (Fsp3) is 0.417. The molecule has 0 N–H and O–H groups in total. The van der Waals surface area contributed by atoms with E-state index in [0.29, 0.717) is 59.1 Å². The van der Waals surface area contributed by atoms with Crippen LogP contribution in [0.4, 0.5) is 0 Å². The number of methoxy groups -OCH3 is 2. The molecular formula is C24H29N3O5S. The van der Waals surface area contributed by atoms with Gasteiger partial charge in [0.15, 0.2) is 11.5 Å². The third-order valence-electron chi connectivity index (χ3n) is 6.00. The molecule has 2 heterocycles. The summed E-state index contributed by atoms with van der Waals surface area (Å²) in [6.07, 6.45) is 1.49. The minimum atomic E-state index is -3.60. The summed E-state index contributed by atoms with van der Waals surface area (Å²) in [6.45, 7) is 4.93. The van der Waals surface area contributed by atoms with Gasteiger partial charge in [-0.05, 0) is 48.6 Å². The average Bonchev–Trinajstić information content (AvgIpc) is 3.33. The lowest BCUT2D eigenvalue weighted by Gasteiger charge is -2.30. The SMILES string of the molecule is COc1cccc(-c2noc([C@H]3CCCN(S(=O)(=O)c4ccc(C(C)C)cc4)C3)n2)c1OC. The van der Waals surface area contributed by atoms with Gasteiger partial charge in [0.05, 0.1) is 30.6 Å². The summed E-state index contributed by atoms with van der Waals surface area (Å²) in [5.74, 6) is 2.05. The highest BCUT2D eigenvalue weighted by Gasteiger charge is 2.33. The molecule has 1 saturated heterocycles. The van der Waals surface area contributed by atoms with Crippen molar-refractivity contribution in [3.05, 3.63) is 53.9 Å². The third-order valence-corrected chi connectivity index (χ3v) is 7.88. The highest BCUT2D eigenvalue weighted by Crippen LogP contribution is 2.37. The van der Waals surface area contributed by atoms with Gasteiger partial charge in [-0.3, -0.25) is 0 Å². The lowest BCUT2D eigenvalue weighted by atomic mass is 10.00. The lowest BCUT2D eigenvalue weighted by Crippen LogP contribution is -2.39. The molecular weight excluding hydrogens is 442 g/mol. The van der Waals surface area contributed by atoms with Crippen LogP contribution in [0, 0.1) is 0 Å². The minimum absolute atomic E-state index is 0.179. The molecule has 1 aliphatic heterocycles. The number of hydrogen-bond acceptors (Lipinski definition) is 7. The highest BCUT2D eigenvalue weighted by molar-refractivity contribution is 7.89. The molecule has 1 fully saturated rings. The zero-order valence-corrected chi connectivity index (χ0v) is 20.1. The number of para-hydroxylation sites is 1. The smallest absolute Gasteiger partial charge is 0.243 e. The number of aromatic nitrogens is 2. The van der Waals surface area contributed by atoms with Gasteiger partial charge in [0.1, 0.15) is 0 Å². The Balaban J connectivity index is 1.56. The quantitative estimate of drug-likeness (QED) is 0.502. The first-order valence-corrected chi connectivity index (χ1v) is 12.4. The maximum Gasteiger partial charge on any atom is 0.243 e. The second-order valence-corrected chi connectivity index (χ2v) is 10.4. The molecule has 0 radical (unpaired) electrons. The van der Waals surface area contributed by atoms with Crippen LogP contribution in [-0.2, 0) is 10.0 Å². The van der Waals surface area contributed by atoms with E-state index < -0.39 is 10.0 Å². The van der Waals surface area contributed by atoms with Crippen molar-refractivity contribution in [3.63, 3.8) is 0 Å². The number of ether oxygens (including phenoxy) is 2. The minimum Gasteiger partial charge on any atom is -0.493 e. The lowest BCUT2D eigenvalue weighted by molar-refractivity contribution is 0.265.